The van der Waals surface area contributed by atoms with Gasteiger partial charge in [-0.05, 0) is 49.4 Å². The molecule has 0 bridgehead atoms. The fourth-order valence-corrected chi connectivity index (χ4v) is 3.68. The van der Waals surface area contributed by atoms with Crippen LogP contribution in [0.4, 0.5) is 0 Å². The van der Waals surface area contributed by atoms with Crippen molar-refractivity contribution >= 4 is 5.97 Å². The standard InChI is InChI=1S/C20H38O3/c1-5-20(14-15-20)13-9-7-11-17(23-4)10-6-8-12-19(2,3)16-18(21)22/h17H,5-16H2,1-4H3,(H,21,22). The van der Waals surface area contributed by atoms with Crippen LogP contribution in [0.25, 0.3) is 0 Å². The van der Waals surface area contributed by atoms with Gasteiger partial charge in [0.1, 0.15) is 0 Å². The molecule has 1 fully saturated rings. The molecule has 3 nitrogen and oxygen atoms in total. The van der Waals surface area contributed by atoms with Crippen LogP contribution in [0.2, 0.25) is 0 Å². The smallest absolute Gasteiger partial charge is 0.303 e. The lowest BCUT2D eigenvalue weighted by atomic mass is 9.83. The lowest BCUT2D eigenvalue weighted by Crippen LogP contribution is -2.17. The van der Waals surface area contributed by atoms with Crippen molar-refractivity contribution < 1.29 is 14.6 Å². The number of methoxy groups -OCH3 is 1. The van der Waals surface area contributed by atoms with Gasteiger partial charge in [-0.15, -0.1) is 0 Å². The summed E-state index contributed by atoms with van der Waals surface area (Å²) in [6.07, 6.45) is 14.4. The van der Waals surface area contributed by atoms with Crippen LogP contribution in [-0.4, -0.2) is 24.3 Å². The van der Waals surface area contributed by atoms with Gasteiger partial charge in [0.25, 0.3) is 0 Å². The minimum atomic E-state index is -0.690. The fraction of sp³-hybridized carbons (Fsp3) is 0.950. The highest BCUT2D eigenvalue weighted by Gasteiger charge is 2.39. The van der Waals surface area contributed by atoms with Crippen molar-refractivity contribution in [1.82, 2.24) is 0 Å². The summed E-state index contributed by atoms with van der Waals surface area (Å²) < 4.78 is 5.63. The molecule has 0 aromatic heterocycles. The Labute approximate surface area is 143 Å². The Morgan fingerprint density at radius 3 is 2.26 bits per heavy atom. The van der Waals surface area contributed by atoms with E-state index < -0.39 is 5.97 Å². The lowest BCUT2D eigenvalue weighted by Gasteiger charge is -2.23. The van der Waals surface area contributed by atoms with E-state index in [0.29, 0.717) is 6.10 Å². The van der Waals surface area contributed by atoms with Crippen LogP contribution in [0.3, 0.4) is 0 Å². The molecule has 3 heteroatoms. The maximum Gasteiger partial charge on any atom is 0.303 e. The average Bonchev–Trinajstić information content (AvgIpc) is 3.24. The van der Waals surface area contributed by atoms with Crippen LogP contribution in [0, 0.1) is 10.8 Å². The highest BCUT2D eigenvalue weighted by Crippen LogP contribution is 2.52. The van der Waals surface area contributed by atoms with Gasteiger partial charge in [0, 0.05) is 7.11 Å². The molecule has 1 rings (SSSR count). The Balaban J connectivity index is 2.08. The number of unbranched alkanes of at least 4 members (excludes halogenated alkanes) is 2. The minimum absolute atomic E-state index is 0.0901. The summed E-state index contributed by atoms with van der Waals surface area (Å²) in [7, 11) is 1.83. The van der Waals surface area contributed by atoms with Crippen molar-refractivity contribution in [2.24, 2.45) is 10.8 Å². The molecule has 0 aromatic carbocycles. The first-order valence-corrected chi connectivity index (χ1v) is 9.57. The van der Waals surface area contributed by atoms with Crippen molar-refractivity contribution in [3.63, 3.8) is 0 Å². The molecule has 1 unspecified atom stereocenters. The second-order valence-corrected chi connectivity index (χ2v) is 8.44. The first-order chi connectivity index (χ1) is 10.8. The van der Waals surface area contributed by atoms with Gasteiger partial charge in [0.2, 0.25) is 0 Å². The van der Waals surface area contributed by atoms with Gasteiger partial charge in [-0.25, -0.2) is 0 Å². The summed E-state index contributed by atoms with van der Waals surface area (Å²) in [5.41, 5.74) is 0.630. The summed E-state index contributed by atoms with van der Waals surface area (Å²) in [5, 5.41) is 8.91. The van der Waals surface area contributed by atoms with Crippen LogP contribution < -0.4 is 0 Å². The van der Waals surface area contributed by atoms with Gasteiger partial charge in [-0.2, -0.15) is 0 Å². The summed E-state index contributed by atoms with van der Waals surface area (Å²) in [6.45, 7) is 6.43. The predicted octanol–water partition coefficient (Wildman–Crippen LogP) is 5.81. The summed E-state index contributed by atoms with van der Waals surface area (Å²) in [4.78, 5) is 10.8. The van der Waals surface area contributed by atoms with Crippen molar-refractivity contribution in [2.75, 3.05) is 7.11 Å². The van der Waals surface area contributed by atoms with E-state index in [2.05, 4.69) is 20.8 Å². The van der Waals surface area contributed by atoms with E-state index in [1.807, 2.05) is 7.11 Å². The van der Waals surface area contributed by atoms with Crippen molar-refractivity contribution in [2.45, 2.75) is 104 Å². The number of aliphatic carboxylic acids is 1. The number of hydrogen-bond acceptors (Lipinski definition) is 2. The molecule has 1 atom stereocenters. The van der Waals surface area contributed by atoms with Gasteiger partial charge < -0.3 is 9.84 Å². The van der Waals surface area contributed by atoms with E-state index in [1.54, 1.807) is 0 Å². The van der Waals surface area contributed by atoms with E-state index in [-0.39, 0.29) is 11.8 Å². The Morgan fingerprint density at radius 1 is 1.17 bits per heavy atom. The predicted molar refractivity (Wildman–Crippen MR) is 95.7 cm³/mol. The molecule has 0 aliphatic heterocycles. The number of carbonyl (C=O) groups is 1. The van der Waals surface area contributed by atoms with E-state index in [1.165, 1.54) is 44.9 Å². The molecule has 0 amide bonds. The number of rotatable bonds is 14. The zero-order valence-electron chi connectivity index (χ0n) is 15.8. The minimum Gasteiger partial charge on any atom is -0.481 e. The maximum absolute atomic E-state index is 10.8. The molecule has 23 heavy (non-hydrogen) atoms. The fourth-order valence-electron chi connectivity index (χ4n) is 3.68. The molecule has 1 saturated carbocycles. The van der Waals surface area contributed by atoms with Crippen LogP contribution in [0.1, 0.15) is 97.8 Å². The average molecular weight is 327 g/mol. The van der Waals surface area contributed by atoms with Gasteiger partial charge in [-0.3, -0.25) is 4.79 Å². The summed E-state index contributed by atoms with van der Waals surface area (Å²) >= 11 is 0. The van der Waals surface area contributed by atoms with Gasteiger partial charge in [-0.1, -0.05) is 52.9 Å². The van der Waals surface area contributed by atoms with Gasteiger partial charge in [0.15, 0.2) is 0 Å². The van der Waals surface area contributed by atoms with Crippen molar-refractivity contribution in [3.8, 4) is 0 Å². The highest BCUT2D eigenvalue weighted by molar-refractivity contribution is 5.67. The van der Waals surface area contributed by atoms with Crippen LogP contribution in [0.15, 0.2) is 0 Å². The van der Waals surface area contributed by atoms with E-state index in [4.69, 9.17) is 9.84 Å². The molecule has 0 saturated heterocycles. The molecule has 0 aromatic rings. The number of carboxylic acid groups (broad SMARTS) is 1. The zero-order valence-corrected chi connectivity index (χ0v) is 15.8. The molecular formula is C20H38O3. The third kappa shape index (κ3) is 8.74. The van der Waals surface area contributed by atoms with Crippen molar-refractivity contribution in [3.05, 3.63) is 0 Å². The monoisotopic (exact) mass is 326 g/mol. The van der Waals surface area contributed by atoms with Gasteiger partial charge >= 0.3 is 5.97 Å². The van der Waals surface area contributed by atoms with Gasteiger partial charge in [0.05, 0.1) is 12.5 Å². The van der Waals surface area contributed by atoms with Crippen LogP contribution in [0.5, 0.6) is 0 Å². The summed E-state index contributed by atoms with van der Waals surface area (Å²) in [6, 6.07) is 0. The molecule has 0 heterocycles. The SMILES string of the molecule is CCC1(CCCCC(CCCCC(C)(C)CC(=O)O)OC)CC1. The third-order valence-electron chi connectivity index (χ3n) is 5.78. The second kappa shape index (κ2) is 9.66. The van der Waals surface area contributed by atoms with E-state index in [9.17, 15) is 4.79 Å². The molecule has 1 aliphatic carbocycles. The summed E-state index contributed by atoms with van der Waals surface area (Å²) in [5.74, 6) is -0.690. The molecule has 136 valence electrons. The molecule has 1 aliphatic rings. The normalized spacial score (nSPS) is 17.9. The third-order valence-corrected chi connectivity index (χ3v) is 5.78. The molecule has 0 radical (unpaired) electrons. The topological polar surface area (TPSA) is 46.5 Å². The Morgan fingerprint density at radius 2 is 1.78 bits per heavy atom. The maximum atomic E-state index is 10.8. The second-order valence-electron chi connectivity index (χ2n) is 8.44. The quantitative estimate of drug-likeness (QED) is 0.409. The lowest BCUT2D eigenvalue weighted by molar-refractivity contribution is -0.139. The largest absolute Gasteiger partial charge is 0.481 e. The number of hydrogen-bond donors (Lipinski definition) is 1. The van der Waals surface area contributed by atoms with E-state index in [0.717, 1.165) is 31.1 Å². The van der Waals surface area contributed by atoms with Crippen LogP contribution >= 0.6 is 0 Å². The first kappa shape index (κ1) is 20.5. The number of carboxylic acids is 1. The Kier molecular flexibility index (Phi) is 8.60. The first-order valence-electron chi connectivity index (χ1n) is 9.57. The Bertz CT molecular complexity index is 345. The molecule has 0 spiro atoms. The molecular weight excluding hydrogens is 288 g/mol. The number of ether oxygens (including phenoxy) is 1. The highest BCUT2D eigenvalue weighted by atomic mass is 16.5. The van der Waals surface area contributed by atoms with Crippen LogP contribution in [-0.2, 0) is 9.53 Å². The Hall–Kier alpha value is -0.570. The molecule has 1 N–H and O–H groups in total. The zero-order chi connectivity index (χ0) is 17.3. The van der Waals surface area contributed by atoms with Crippen molar-refractivity contribution in [1.29, 1.82) is 0 Å². The van der Waals surface area contributed by atoms with E-state index >= 15 is 0 Å².